The third-order valence-corrected chi connectivity index (χ3v) is 3.57. The van der Waals surface area contributed by atoms with Crippen molar-refractivity contribution >= 4 is 5.69 Å². The van der Waals surface area contributed by atoms with Crippen LogP contribution in [-0.4, -0.2) is 23.8 Å². The minimum absolute atomic E-state index is 0.0866. The molecule has 1 aliphatic heterocycles. The molecule has 1 heterocycles. The number of halogens is 3. The monoisotopic (exact) mass is 273 g/mol. The summed E-state index contributed by atoms with van der Waals surface area (Å²) in [5.74, 6) is 0. The molecule has 0 amide bonds. The van der Waals surface area contributed by atoms with Crippen LogP contribution in [0.15, 0.2) is 18.2 Å². The first-order chi connectivity index (χ1) is 8.82. The minimum Gasteiger partial charge on any atom is -0.393 e. The maximum Gasteiger partial charge on any atom is 0.416 e. The van der Waals surface area contributed by atoms with E-state index in [-0.39, 0.29) is 6.04 Å². The third-order valence-electron chi connectivity index (χ3n) is 3.57. The molecule has 106 valence electrons. The van der Waals surface area contributed by atoms with E-state index in [0.717, 1.165) is 11.6 Å². The highest BCUT2D eigenvalue weighted by Crippen LogP contribution is 2.38. The van der Waals surface area contributed by atoms with Gasteiger partial charge in [0.15, 0.2) is 0 Å². The fourth-order valence-corrected chi connectivity index (χ4v) is 2.77. The zero-order chi connectivity index (χ0) is 14.2. The molecule has 0 saturated heterocycles. The van der Waals surface area contributed by atoms with Crippen molar-refractivity contribution in [2.75, 3.05) is 11.4 Å². The molecular formula is C14H18F3NO. The summed E-state index contributed by atoms with van der Waals surface area (Å²) in [6.07, 6.45) is -3.48. The van der Waals surface area contributed by atoms with Crippen LogP contribution in [0.5, 0.6) is 0 Å². The smallest absolute Gasteiger partial charge is 0.393 e. The molecular weight excluding hydrogens is 255 g/mol. The predicted octanol–water partition coefficient (Wildman–Crippen LogP) is 3.23. The van der Waals surface area contributed by atoms with E-state index in [0.29, 0.717) is 25.1 Å². The van der Waals surface area contributed by atoms with Crippen molar-refractivity contribution in [2.24, 2.45) is 0 Å². The van der Waals surface area contributed by atoms with Crippen LogP contribution in [0.1, 0.15) is 31.4 Å². The molecule has 2 unspecified atom stereocenters. The Labute approximate surface area is 110 Å². The molecule has 0 radical (unpaired) electrons. The van der Waals surface area contributed by atoms with Gasteiger partial charge in [0, 0.05) is 18.3 Å². The number of aliphatic hydroxyl groups is 1. The summed E-state index contributed by atoms with van der Waals surface area (Å²) < 4.78 is 38.2. The Bertz CT molecular complexity index is 456. The van der Waals surface area contributed by atoms with Crippen molar-refractivity contribution in [1.82, 2.24) is 0 Å². The number of fused-ring (bicyclic) bond motifs is 1. The van der Waals surface area contributed by atoms with E-state index in [2.05, 4.69) is 0 Å². The Hall–Kier alpha value is -1.23. The zero-order valence-corrected chi connectivity index (χ0v) is 11.0. The van der Waals surface area contributed by atoms with Gasteiger partial charge in [0.05, 0.1) is 11.7 Å². The van der Waals surface area contributed by atoms with Gasteiger partial charge in [0.2, 0.25) is 0 Å². The molecule has 2 nitrogen and oxygen atoms in total. The van der Waals surface area contributed by atoms with Gasteiger partial charge in [0.1, 0.15) is 0 Å². The second-order valence-corrected chi connectivity index (χ2v) is 5.07. The summed E-state index contributed by atoms with van der Waals surface area (Å²) in [7, 11) is 0. The molecule has 0 fully saturated rings. The van der Waals surface area contributed by atoms with E-state index >= 15 is 0 Å². The highest BCUT2D eigenvalue weighted by Gasteiger charge is 2.35. The van der Waals surface area contributed by atoms with E-state index < -0.39 is 17.8 Å². The van der Waals surface area contributed by atoms with Gasteiger partial charge in [-0.2, -0.15) is 13.2 Å². The fraction of sp³-hybridized carbons (Fsp3) is 0.571. The number of anilines is 1. The number of rotatable bonds is 3. The molecule has 0 aliphatic carbocycles. The first-order valence-corrected chi connectivity index (χ1v) is 6.47. The number of hydrogen-bond acceptors (Lipinski definition) is 2. The third kappa shape index (κ3) is 2.86. The van der Waals surface area contributed by atoms with Crippen molar-refractivity contribution in [3.63, 3.8) is 0 Å². The van der Waals surface area contributed by atoms with Crippen molar-refractivity contribution in [3.8, 4) is 0 Å². The fourth-order valence-electron chi connectivity index (χ4n) is 2.77. The van der Waals surface area contributed by atoms with Crippen LogP contribution in [0, 0.1) is 0 Å². The average Bonchev–Trinajstić information content (AvgIpc) is 2.62. The maximum atomic E-state index is 12.7. The van der Waals surface area contributed by atoms with Crippen LogP contribution in [0.3, 0.4) is 0 Å². The molecule has 5 heteroatoms. The van der Waals surface area contributed by atoms with Gasteiger partial charge < -0.3 is 10.0 Å². The molecule has 0 aromatic heterocycles. The van der Waals surface area contributed by atoms with Crippen molar-refractivity contribution < 1.29 is 18.3 Å². The largest absolute Gasteiger partial charge is 0.416 e. The summed E-state index contributed by atoms with van der Waals surface area (Å²) in [4.78, 5) is 1.96. The van der Waals surface area contributed by atoms with Crippen LogP contribution < -0.4 is 4.90 Å². The Balaban J connectivity index is 2.32. The molecule has 2 atom stereocenters. The van der Waals surface area contributed by atoms with Gasteiger partial charge in [-0.05, 0) is 44.4 Å². The summed E-state index contributed by atoms with van der Waals surface area (Å²) in [6, 6.07) is 4.00. The lowest BCUT2D eigenvalue weighted by Crippen LogP contribution is -2.34. The Morgan fingerprint density at radius 3 is 2.63 bits per heavy atom. The second-order valence-electron chi connectivity index (χ2n) is 5.07. The summed E-state index contributed by atoms with van der Waals surface area (Å²) in [5.41, 5.74) is 0.978. The number of nitrogens with zero attached hydrogens (tertiary/aromatic N) is 1. The van der Waals surface area contributed by atoms with Gasteiger partial charge in [-0.25, -0.2) is 0 Å². The highest BCUT2D eigenvalue weighted by atomic mass is 19.4. The zero-order valence-electron chi connectivity index (χ0n) is 11.0. The van der Waals surface area contributed by atoms with Gasteiger partial charge in [-0.3, -0.25) is 0 Å². The number of likely N-dealkylation sites (N-methyl/N-ethyl adjacent to an activating group) is 1. The molecule has 19 heavy (non-hydrogen) atoms. The second kappa shape index (κ2) is 5.04. The summed E-state index contributed by atoms with van der Waals surface area (Å²) >= 11 is 0. The van der Waals surface area contributed by atoms with E-state index in [9.17, 15) is 18.3 Å². The van der Waals surface area contributed by atoms with Crippen LogP contribution in [-0.2, 0) is 12.6 Å². The standard InChI is InChI=1S/C14H18F3NO/c1-3-18-12(6-9(2)19)7-10-4-5-11(8-13(10)18)14(15,16)17/h4-5,8-9,12,19H,3,6-7H2,1-2H3. The molecule has 0 saturated carbocycles. The van der Waals surface area contributed by atoms with Crippen LogP contribution in [0.4, 0.5) is 18.9 Å². The van der Waals surface area contributed by atoms with Crippen molar-refractivity contribution in [3.05, 3.63) is 29.3 Å². The summed E-state index contributed by atoms with van der Waals surface area (Å²) in [6.45, 7) is 4.27. The number of aliphatic hydroxyl groups excluding tert-OH is 1. The number of hydrogen-bond donors (Lipinski definition) is 1. The molecule has 0 spiro atoms. The maximum absolute atomic E-state index is 12.7. The molecule has 1 aliphatic rings. The van der Waals surface area contributed by atoms with Crippen molar-refractivity contribution in [2.45, 2.75) is 45.0 Å². The first-order valence-electron chi connectivity index (χ1n) is 6.47. The Morgan fingerprint density at radius 2 is 2.11 bits per heavy atom. The summed E-state index contributed by atoms with van der Waals surface area (Å²) in [5, 5.41) is 9.48. The SMILES string of the molecule is CCN1c2cc(C(F)(F)F)ccc2CC1CC(C)O. The first kappa shape index (κ1) is 14.2. The van der Waals surface area contributed by atoms with E-state index in [4.69, 9.17) is 0 Å². The molecule has 1 aromatic carbocycles. The number of alkyl halides is 3. The molecule has 1 aromatic rings. The Morgan fingerprint density at radius 1 is 1.42 bits per heavy atom. The quantitative estimate of drug-likeness (QED) is 0.914. The number of benzene rings is 1. The lowest BCUT2D eigenvalue weighted by molar-refractivity contribution is -0.137. The molecule has 0 bridgehead atoms. The lowest BCUT2D eigenvalue weighted by atomic mass is 10.0. The molecule has 2 rings (SSSR count). The van der Waals surface area contributed by atoms with Crippen LogP contribution in [0.2, 0.25) is 0 Å². The topological polar surface area (TPSA) is 23.5 Å². The highest BCUT2D eigenvalue weighted by molar-refractivity contribution is 5.61. The average molecular weight is 273 g/mol. The van der Waals surface area contributed by atoms with Crippen LogP contribution in [0.25, 0.3) is 0 Å². The van der Waals surface area contributed by atoms with E-state index in [1.165, 1.54) is 6.07 Å². The molecule has 1 N–H and O–H groups in total. The van der Waals surface area contributed by atoms with E-state index in [1.807, 2.05) is 11.8 Å². The van der Waals surface area contributed by atoms with Crippen molar-refractivity contribution in [1.29, 1.82) is 0 Å². The minimum atomic E-state index is -4.31. The predicted molar refractivity (Wildman–Crippen MR) is 68.3 cm³/mol. The van der Waals surface area contributed by atoms with Gasteiger partial charge in [-0.15, -0.1) is 0 Å². The lowest BCUT2D eigenvalue weighted by Gasteiger charge is -2.27. The van der Waals surface area contributed by atoms with Crippen LogP contribution >= 0.6 is 0 Å². The van der Waals surface area contributed by atoms with Gasteiger partial charge >= 0.3 is 6.18 Å². The van der Waals surface area contributed by atoms with E-state index in [1.54, 1.807) is 13.0 Å². The Kier molecular flexibility index (Phi) is 3.76. The van der Waals surface area contributed by atoms with Gasteiger partial charge in [0.25, 0.3) is 0 Å². The normalized spacial score (nSPS) is 20.5. The van der Waals surface area contributed by atoms with Gasteiger partial charge in [-0.1, -0.05) is 6.07 Å².